The summed E-state index contributed by atoms with van der Waals surface area (Å²) in [6, 6.07) is 16.8. The summed E-state index contributed by atoms with van der Waals surface area (Å²) < 4.78 is 10.3. The topological polar surface area (TPSA) is 47.9 Å². The molecule has 2 aromatic carbocycles. The summed E-state index contributed by atoms with van der Waals surface area (Å²) in [4.78, 5) is 16.5. The molecule has 2 rings (SSSR count). The maximum absolute atomic E-state index is 12.1. The standard InChI is InChI=1S/C19H21NO3/c1-3-23-19(21)18(13-15-7-5-4-6-8-15)20-14-16-9-11-17(22-2)12-10-16/h4-12,14,18H,3,13H2,1-2H3/b20-14+/t18-/m0/s1. The van der Waals surface area contributed by atoms with Gasteiger partial charge >= 0.3 is 5.97 Å². The molecule has 0 saturated carbocycles. The molecule has 0 radical (unpaired) electrons. The number of ether oxygens (including phenoxy) is 2. The minimum atomic E-state index is -0.542. The van der Waals surface area contributed by atoms with Crippen molar-refractivity contribution in [1.29, 1.82) is 0 Å². The van der Waals surface area contributed by atoms with E-state index >= 15 is 0 Å². The molecule has 0 spiro atoms. The predicted octanol–water partition coefficient (Wildman–Crippen LogP) is 3.29. The first-order valence-corrected chi connectivity index (χ1v) is 7.60. The van der Waals surface area contributed by atoms with Crippen LogP contribution in [0.2, 0.25) is 0 Å². The number of nitrogens with zero attached hydrogens (tertiary/aromatic N) is 1. The molecule has 4 heteroatoms. The van der Waals surface area contributed by atoms with Crippen molar-refractivity contribution in [2.75, 3.05) is 13.7 Å². The predicted molar refractivity (Wildman–Crippen MR) is 91.2 cm³/mol. The van der Waals surface area contributed by atoms with Crippen molar-refractivity contribution in [2.45, 2.75) is 19.4 Å². The Labute approximate surface area is 136 Å². The number of benzene rings is 2. The molecule has 1 atom stereocenters. The number of hydrogen-bond donors (Lipinski definition) is 0. The Morgan fingerprint density at radius 3 is 2.43 bits per heavy atom. The molecule has 0 fully saturated rings. The van der Waals surface area contributed by atoms with E-state index in [1.807, 2.05) is 54.6 Å². The van der Waals surface area contributed by atoms with E-state index in [4.69, 9.17) is 9.47 Å². The van der Waals surface area contributed by atoms with E-state index in [1.54, 1.807) is 20.2 Å². The van der Waals surface area contributed by atoms with E-state index in [0.717, 1.165) is 16.9 Å². The van der Waals surface area contributed by atoms with Gasteiger partial charge in [0.1, 0.15) is 5.75 Å². The van der Waals surface area contributed by atoms with E-state index in [9.17, 15) is 4.79 Å². The van der Waals surface area contributed by atoms with Crippen molar-refractivity contribution in [3.8, 4) is 5.75 Å². The monoisotopic (exact) mass is 311 g/mol. The molecule has 0 amide bonds. The minimum Gasteiger partial charge on any atom is -0.497 e. The summed E-state index contributed by atoms with van der Waals surface area (Å²) in [7, 11) is 1.62. The van der Waals surface area contributed by atoms with E-state index in [0.29, 0.717) is 13.0 Å². The number of carbonyl (C=O) groups is 1. The fourth-order valence-corrected chi connectivity index (χ4v) is 2.14. The van der Waals surface area contributed by atoms with E-state index in [1.165, 1.54) is 0 Å². The first-order chi connectivity index (χ1) is 11.2. The Bertz CT molecular complexity index is 635. The van der Waals surface area contributed by atoms with Crippen LogP contribution >= 0.6 is 0 Å². The van der Waals surface area contributed by atoms with Crippen molar-refractivity contribution >= 4 is 12.2 Å². The molecule has 0 bridgehead atoms. The van der Waals surface area contributed by atoms with E-state index in [2.05, 4.69) is 4.99 Å². The van der Waals surface area contributed by atoms with Gasteiger partial charge in [-0.2, -0.15) is 0 Å². The van der Waals surface area contributed by atoms with Crippen LogP contribution in [0.1, 0.15) is 18.1 Å². The Balaban J connectivity index is 2.12. The highest BCUT2D eigenvalue weighted by atomic mass is 16.5. The molecule has 4 nitrogen and oxygen atoms in total. The molecule has 0 unspecified atom stereocenters. The van der Waals surface area contributed by atoms with Crippen molar-refractivity contribution in [2.24, 2.45) is 4.99 Å². The number of aliphatic imine (C=N–C) groups is 1. The number of methoxy groups -OCH3 is 1. The minimum absolute atomic E-state index is 0.305. The third-order valence-corrected chi connectivity index (χ3v) is 3.35. The summed E-state index contributed by atoms with van der Waals surface area (Å²) in [6.45, 7) is 2.15. The average Bonchev–Trinajstić information content (AvgIpc) is 2.60. The summed E-state index contributed by atoms with van der Waals surface area (Å²) in [5.41, 5.74) is 1.96. The van der Waals surface area contributed by atoms with Gasteiger partial charge in [0.25, 0.3) is 0 Å². The lowest BCUT2D eigenvalue weighted by Gasteiger charge is -2.11. The van der Waals surface area contributed by atoms with Crippen LogP contribution in [0.4, 0.5) is 0 Å². The van der Waals surface area contributed by atoms with Crippen molar-refractivity contribution in [3.63, 3.8) is 0 Å². The zero-order valence-electron chi connectivity index (χ0n) is 13.4. The first-order valence-electron chi connectivity index (χ1n) is 7.60. The second-order valence-electron chi connectivity index (χ2n) is 5.01. The van der Waals surface area contributed by atoms with Gasteiger partial charge in [0.05, 0.1) is 13.7 Å². The molecular weight excluding hydrogens is 290 g/mol. The highest BCUT2D eigenvalue weighted by Gasteiger charge is 2.18. The normalized spacial score (nSPS) is 12.1. The van der Waals surface area contributed by atoms with Gasteiger partial charge in [0.2, 0.25) is 0 Å². The van der Waals surface area contributed by atoms with Crippen LogP contribution in [0.5, 0.6) is 5.75 Å². The lowest BCUT2D eigenvalue weighted by molar-refractivity contribution is -0.144. The third kappa shape index (κ3) is 5.25. The van der Waals surface area contributed by atoms with Gasteiger partial charge in [-0.1, -0.05) is 30.3 Å². The largest absolute Gasteiger partial charge is 0.497 e. The Morgan fingerprint density at radius 1 is 1.13 bits per heavy atom. The highest BCUT2D eigenvalue weighted by Crippen LogP contribution is 2.11. The number of rotatable bonds is 7. The molecule has 0 heterocycles. The Morgan fingerprint density at radius 2 is 1.83 bits per heavy atom. The number of hydrogen-bond acceptors (Lipinski definition) is 4. The van der Waals surface area contributed by atoms with Crippen molar-refractivity contribution in [3.05, 3.63) is 65.7 Å². The smallest absolute Gasteiger partial charge is 0.331 e. The number of esters is 1. The molecule has 0 aromatic heterocycles. The Kier molecular flexibility index (Phi) is 6.36. The van der Waals surface area contributed by atoms with Crippen LogP contribution in [-0.4, -0.2) is 31.9 Å². The molecule has 0 aliphatic rings. The maximum Gasteiger partial charge on any atom is 0.331 e. The molecule has 0 N–H and O–H groups in total. The molecule has 2 aromatic rings. The second-order valence-corrected chi connectivity index (χ2v) is 5.01. The third-order valence-electron chi connectivity index (χ3n) is 3.35. The average molecular weight is 311 g/mol. The molecule has 23 heavy (non-hydrogen) atoms. The molecule has 0 aliphatic carbocycles. The zero-order chi connectivity index (χ0) is 16.5. The summed E-state index contributed by atoms with van der Waals surface area (Å²) in [5.74, 6) is 0.481. The van der Waals surface area contributed by atoms with Gasteiger partial charge < -0.3 is 9.47 Å². The van der Waals surface area contributed by atoms with Gasteiger partial charge in [0, 0.05) is 12.6 Å². The summed E-state index contributed by atoms with van der Waals surface area (Å²) in [5, 5.41) is 0. The van der Waals surface area contributed by atoms with Gasteiger partial charge in [-0.15, -0.1) is 0 Å². The maximum atomic E-state index is 12.1. The SMILES string of the molecule is CCOC(=O)[C@H](Cc1ccccc1)/N=C/c1ccc(OC)cc1. The van der Waals surface area contributed by atoms with Crippen LogP contribution in [0, 0.1) is 0 Å². The fraction of sp³-hybridized carbons (Fsp3) is 0.263. The van der Waals surface area contributed by atoms with Crippen LogP contribution in [0.15, 0.2) is 59.6 Å². The highest BCUT2D eigenvalue weighted by molar-refractivity contribution is 5.84. The zero-order valence-corrected chi connectivity index (χ0v) is 13.4. The first kappa shape index (κ1) is 16.7. The van der Waals surface area contributed by atoms with Crippen LogP contribution in [0.25, 0.3) is 0 Å². The molecule has 0 aliphatic heterocycles. The molecule has 120 valence electrons. The number of carbonyl (C=O) groups excluding carboxylic acids is 1. The Hall–Kier alpha value is -2.62. The van der Waals surface area contributed by atoms with Gasteiger partial charge in [-0.05, 0) is 42.3 Å². The van der Waals surface area contributed by atoms with Crippen LogP contribution < -0.4 is 4.74 Å². The van der Waals surface area contributed by atoms with Gasteiger partial charge in [-0.3, -0.25) is 4.99 Å². The van der Waals surface area contributed by atoms with Crippen molar-refractivity contribution < 1.29 is 14.3 Å². The van der Waals surface area contributed by atoms with Gasteiger partial charge in [0.15, 0.2) is 6.04 Å². The van der Waals surface area contributed by atoms with Crippen LogP contribution in [0.3, 0.4) is 0 Å². The molecular formula is C19H21NO3. The molecule has 0 saturated heterocycles. The van der Waals surface area contributed by atoms with Gasteiger partial charge in [-0.25, -0.2) is 4.79 Å². The lowest BCUT2D eigenvalue weighted by atomic mass is 10.1. The fourth-order valence-electron chi connectivity index (χ4n) is 2.14. The summed E-state index contributed by atoms with van der Waals surface area (Å²) >= 11 is 0. The lowest BCUT2D eigenvalue weighted by Crippen LogP contribution is -2.24. The van der Waals surface area contributed by atoms with Crippen molar-refractivity contribution in [1.82, 2.24) is 0 Å². The second kappa shape index (κ2) is 8.73. The van der Waals surface area contributed by atoms with E-state index < -0.39 is 6.04 Å². The summed E-state index contributed by atoms with van der Waals surface area (Å²) in [6.07, 6.45) is 2.22. The van der Waals surface area contributed by atoms with Crippen LogP contribution in [-0.2, 0) is 16.0 Å². The van der Waals surface area contributed by atoms with E-state index in [-0.39, 0.29) is 5.97 Å². The quantitative estimate of drug-likeness (QED) is 0.582.